The lowest BCUT2D eigenvalue weighted by atomic mass is 9.97. The van der Waals surface area contributed by atoms with E-state index in [1.165, 1.54) is 36.8 Å². The van der Waals surface area contributed by atoms with E-state index in [1.807, 2.05) is 36.1 Å². The summed E-state index contributed by atoms with van der Waals surface area (Å²) in [6.07, 6.45) is 8.55. The third kappa shape index (κ3) is 7.12. The maximum atomic E-state index is 12.0. The molecule has 0 unspecified atom stereocenters. The highest BCUT2D eigenvalue weighted by Gasteiger charge is 2.11. The Morgan fingerprint density at radius 2 is 1.88 bits per heavy atom. The summed E-state index contributed by atoms with van der Waals surface area (Å²) >= 11 is 0. The van der Waals surface area contributed by atoms with Crippen molar-refractivity contribution in [3.8, 4) is 0 Å². The normalized spacial score (nSPS) is 13.9. The van der Waals surface area contributed by atoms with Gasteiger partial charge in [-0.2, -0.15) is 0 Å². The lowest BCUT2D eigenvalue weighted by Gasteiger charge is -2.23. The second-order valence-electron chi connectivity index (χ2n) is 6.88. The Kier molecular flexibility index (Phi) is 7.71. The Morgan fingerprint density at radius 1 is 1.12 bits per heavy atom. The molecule has 0 aromatic heterocycles. The Labute approximate surface area is 151 Å². The van der Waals surface area contributed by atoms with Gasteiger partial charge in [0.05, 0.1) is 6.42 Å². The molecule has 136 valence electrons. The molecule has 0 radical (unpaired) electrons. The number of aryl methyl sites for hydroxylation is 1. The zero-order valence-corrected chi connectivity index (χ0v) is 15.5. The van der Waals surface area contributed by atoms with Crippen LogP contribution in [0.2, 0.25) is 0 Å². The fraction of sp³-hybridized carbons (Fsp3) is 0.524. The Hall–Kier alpha value is -2.10. The monoisotopic (exact) mass is 342 g/mol. The van der Waals surface area contributed by atoms with Gasteiger partial charge in [0, 0.05) is 26.6 Å². The number of allylic oxidation sites excluding steroid dienone is 1. The molecule has 1 aromatic carbocycles. The molecule has 25 heavy (non-hydrogen) atoms. The standard InChI is InChI=1S/C21H30N2O2/c1-17-8-10-20(11-9-17)16-21(25)22-13-15-23(18(2)24)14-12-19-6-4-3-5-7-19/h6,8-11H,3-5,7,12-16H2,1-2H3,(H,22,25). The summed E-state index contributed by atoms with van der Waals surface area (Å²) in [6, 6.07) is 7.99. The predicted octanol–water partition coefficient (Wildman–Crippen LogP) is 3.39. The summed E-state index contributed by atoms with van der Waals surface area (Å²) in [5.41, 5.74) is 3.67. The molecule has 4 heteroatoms. The van der Waals surface area contributed by atoms with Gasteiger partial charge in [0.15, 0.2) is 0 Å². The molecule has 0 saturated heterocycles. The van der Waals surface area contributed by atoms with Crippen LogP contribution in [0.5, 0.6) is 0 Å². The Balaban J connectivity index is 1.71. The van der Waals surface area contributed by atoms with Crippen molar-refractivity contribution in [1.29, 1.82) is 0 Å². The van der Waals surface area contributed by atoms with E-state index >= 15 is 0 Å². The second kappa shape index (κ2) is 10.0. The van der Waals surface area contributed by atoms with Crippen molar-refractivity contribution in [3.63, 3.8) is 0 Å². The van der Waals surface area contributed by atoms with E-state index < -0.39 is 0 Å². The number of hydrogen-bond donors (Lipinski definition) is 1. The van der Waals surface area contributed by atoms with Crippen molar-refractivity contribution in [3.05, 3.63) is 47.0 Å². The number of carbonyl (C=O) groups is 2. The van der Waals surface area contributed by atoms with Gasteiger partial charge in [0.25, 0.3) is 0 Å². The maximum absolute atomic E-state index is 12.0. The minimum Gasteiger partial charge on any atom is -0.354 e. The molecule has 0 atom stereocenters. The van der Waals surface area contributed by atoms with Gasteiger partial charge in [0.2, 0.25) is 11.8 Å². The topological polar surface area (TPSA) is 49.4 Å². The van der Waals surface area contributed by atoms with Gasteiger partial charge in [-0.1, -0.05) is 41.5 Å². The van der Waals surface area contributed by atoms with Crippen LogP contribution in [0.15, 0.2) is 35.9 Å². The SMILES string of the molecule is CC(=O)N(CCNC(=O)Cc1ccc(C)cc1)CCC1=CCCCC1. The van der Waals surface area contributed by atoms with E-state index in [1.54, 1.807) is 6.92 Å². The highest BCUT2D eigenvalue weighted by molar-refractivity contribution is 5.78. The summed E-state index contributed by atoms with van der Waals surface area (Å²) in [5, 5.41) is 2.92. The molecule has 0 spiro atoms. The van der Waals surface area contributed by atoms with Crippen LogP contribution in [0.1, 0.15) is 50.2 Å². The molecule has 4 nitrogen and oxygen atoms in total. The fourth-order valence-corrected chi connectivity index (χ4v) is 3.12. The molecule has 1 aliphatic rings. The first-order chi connectivity index (χ1) is 12.0. The maximum Gasteiger partial charge on any atom is 0.224 e. The molecule has 0 fully saturated rings. The van der Waals surface area contributed by atoms with Crippen LogP contribution >= 0.6 is 0 Å². The summed E-state index contributed by atoms with van der Waals surface area (Å²) in [5.74, 6) is 0.0755. The van der Waals surface area contributed by atoms with E-state index in [0.717, 1.165) is 18.5 Å². The first-order valence-corrected chi connectivity index (χ1v) is 9.30. The van der Waals surface area contributed by atoms with Crippen LogP contribution < -0.4 is 5.32 Å². The lowest BCUT2D eigenvalue weighted by molar-refractivity contribution is -0.129. The summed E-state index contributed by atoms with van der Waals surface area (Å²) in [6.45, 7) is 5.45. The molecular weight excluding hydrogens is 312 g/mol. The van der Waals surface area contributed by atoms with E-state index in [9.17, 15) is 9.59 Å². The molecule has 0 heterocycles. The largest absolute Gasteiger partial charge is 0.354 e. The number of rotatable bonds is 8. The molecular formula is C21H30N2O2. The van der Waals surface area contributed by atoms with Crippen LogP contribution in [-0.2, 0) is 16.0 Å². The van der Waals surface area contributed by atoms with Crippen LogP contribution in [-0.4, -0.2) is 36.3 Å². The zero-order chi connectivity index (χ0) is 18.1. The summed E-state index contributed by atoms with van der Waals surface area (Å²) in [7, 11) is 0. The van der Waals surface area contributed by atoms with Gasteiger partial charge < -0.3 is 10.2 Å². The Bertz CT molecular complexity index is 605. The predicted molar refractivity (Wildman–Crippen MR) is 101 cm³/mol. The van der Waals surface area contributed by atoms with Crippen molar-refractivity contribution in [2.45, 2.75) is 52.4 Å². The molecule has 2 rings (SSSR count). The number of amides is 2. The molecule has 1 N–H and O–H groups in total. The van der Waals surface area contributed by atoms with Crippen LogP contribution in [0, 0.1) is 6.92 Å². The van der Waals surface area contributed by atoms with Gasteiger partial charge in [-0.3, -0.25) is 9.59 Å². The van der Waals surface area contributed by atoms with Crippen molar-refractivity contribution < 1.29 is 9.59 Å². The van der Waals surface area contributed by atoms with Gasteiger partial charge >= 0.3 is 0 Å². The van der Waals surface area contributed by atoms with Crippen LogP contribution in [0.3, 0.4) is 0 Å². The van der Waals surface area contributed by atoms with Crippen molar-refractivity contribution in [2.24, 2.45) is 0 Å². The smallest absolute Gasteiger partial charge is 0.224 e. The number of carbonyl (C=O) groups excluding carboxylic acids is 2. The molecule has 1 aromatic rings. The van der Waals surface area contributed by atoms with Crippen molar-refractivity contribution in [2.75, 3.05) is 19.6 Å². The number of hydrogen-bond acceptors (Lipinski definition) is 2. The van der Waals surface area contributed by atoms with E-state index in [0.29, 0.717) is 19.5 Å². The van der Waals surface area contributed by atoms with Crippen LogP contribution in [0.25, 0.3) is 0 Å². The quantitative estimate of drug-likeness (QED) is 0.736. The van der Waals surface area contributed by atoms with E-state index in [-0.39, 0.29) is 11.8 Å². The first kappa shape index (κ1) is 19.2. The number of nitrogens with one attached hydrogen (secondary N) is 1. The molecule has 0 saturated carbocycles. The highest BCUT2D eigenvalue weighted by Crippen LogP contribution is 2.20. The average molecular weight is 342 g/mol. The number of benzene rings is 1. The minimum absolute atomic E-state index is 0.00217. The fourth-order valence-electron chi connectivity index (χ4n) is 3.12. The van der Waals surface area contributed by atoms with Gasteiger partial charge in [0.1, 0.15) is 0 Å². The number of nitrogens with zero attached hydrogens (tertiary/aromatic N) is 1. The molecule has 2 amide bonds. The van der Waals surface area contributed by atoms with Gasteiger partial charge in [-0.05, 0) is 44.6 Å². The summed E-state index contributed by atoms with van der Waals surface area (Å²) in [4.78, 5) is 25.7. The van der Waals surface area contributed by atoms with Gasteiger partial charge in [-0.15, -0.1) is 0 Å². The van der Waals surface area contributed by atoms with E-state index in [4.69, 9.17) is 0 Å². The summed E-state index contributed by atoms with van der Waals surface area (Å²) < 4.78 is 0. The molecule has 0 bridgehead atoms. The average Bonchev–Trinajstić information content (AvgIpc) is 2.60. The lowest BCUT2D eigenvalue weighted by Crippen LogP contribution is -2.38. The first-order valence-electron chi connectivity index (χ1n) is 9.30. The minimum atomic E-state index is 0.00217. The highest BCUT2D eigenvalue weighted by atomic mass is 16.2. The molecule has 0 aliphatic heterocycles. The Morgan fingerprint density at radius 3 is 2.52 bits per heavy atom. The van der Waals surface area contributed by atoms with Crippen LogP contribution in [0.4, 0.5) is 0 Å². The zero-order valence-electron chi connectivity index (χ0n) is 15.5. The third-order valence-corrected chi connectivity index (χ3v) is 4.72. The van der Waals surface area contributed by atoms with Crippen molar-refractivity contribution >= 4 is 11.8 Å². The van der Waals surface area contributed by atoms with Crippen molar-refractivity contribution in [1.82, 2.24) is 10.2 Å². The molecule has 1 aliphatic carbocycles. The van der Waals surface area contributed by atoms with Gasteiger partial charge in [-0.25, -0.2) is 0 Å². The van der Waals surface area contributed by atoms with E-state index in [2.05, 4.69) is 11.4 Å². The second-order valence-corrected chi connectivity index (χ2v) is 6.88. The third-order valence-electron chi connectivity index (χ3n) is 4.72.